The van der Waals surface area contributed by atoms with Crippen molar-refractivity contribution in [3.8, 4) is 0 Å². The average molecular weight is 319 g/mol. The normalized spacial score (nSPS) is 11.2. The number of amides is 1. The predicted octanol–water partition coefficient (Wildman–Crippen LogP) is 2.96. The minimum atomic E-state index is -0.400. The zero-order valence-electron chi connectivity index (χ0n) is 10.8. The van der Waals surface area contributed by atoms with Crippen LogP contribution in [0.25, 0.3) is 0 Å². The molecule has 0 radical (unpaired) electrons. The molecule has 0 saturated heterocycles. The molecule has 1 aromatic rings. The molecule has 0 heterocycles. The molecule has 1 rings (SSSR count). The van der Waals surface area contributed by atoms with Gasteiger partial charge < -0.3 is 11.1 Å². The summed E-state index contributed by atoms with van der Waals surface area (Å²) >= 11 is 16.6. The summed E-state index contributed by atoms with van der Waals surface area (Å²) in [6.07, 6.45) is 0.240. The van der Waals surface area contributed by atoms with E-state index in [0.29, 0.717) is 21.6 Å². The third kappa shape index (κ3) is 4.97. The van der Waals surface area contributed by atoms with Gasteiger partial charge in [0.2, 0.25) is 5.91 Å². The molecule has 1 amide bonds. The van der Waals surface area contributed by atoms with Crippen LogP contribution in [0.5, 0.6) is 0 Å². The number of halogens is 2. The zero-order valence-corrected chi connectivity index (χ0v) is 13.1. The molecule has 0 spiro atoms. The molecular weight excluding hydrogens is 303 g/mol. The fraction of sp³-hybridized carbons (Fsp3) is 0.385. The Hall–Kier alpha value is -0.840. The molecule has 19 heavy (non-hydrogen) atoms. The highest BCUT2D eigenvalue weighted by Crippen LogP contribution is 2.22. The van der Waals surface area contributed by atoms with E-state index in [2.05, 4.69) is 5.32 Å². The number of rotatable bonds is 5. The van der Waals surface area contributed by atoms with Crippen LogP contribution in [0.2, 0.25) is 10.0 Å². The highest BCUT2D eigenvalue weighted by Gasteiger charge is 2.22. The SMILES string of the molecule is CC(C)(CNC(=O)Cc1ccc(Cl)c(Cl)c1)C(N)=S. The van der Waals surface area contributed by atoms with Crippen molar-refractivity contribution in [2.24, 2.45) is 11.1 Å². The number of thiocarbonyl (C=S) groups is 1. The van der Waals surface area contributed by atoms with Gasteiger partial charge in [-0.1, -0.05) is 55.3 Å². The van der Waals surface area contributed by atoms with E-state index >= 15 is 0 Å². The van der Waals surface area contributed by atoms with Crippen molar-refractivity contribution in [1.82, 2.24) is 5.32 Å². The quantitative estimate of drug-likeness (QED) is 0.821. The Kier molecular flexibility index (Phi) is 5.59. The van der Waals surface area contributed by atoms with Crippen LogP contribution in [0.3, 0.4) is 0 Å². The van der Waals surface area contributed by atoms with Crippen molar-refractivity contribution < 1.29 is 4.79 Å². The second kappa shape index (κ2) is 6.55. The van der Waals surface area contributed by atoms with Gasteiger partial charge >= 0.3 is 0 Å². The molecule has 104 valence electrons. The molecule has 0 saturated carbocycles. The molecule has 6 heteroatoms. The van der Waals surface area contributed by atoms with Crippen molar-refractivity contribution in [3.05, 3.63) is 33.8 Å². The summed E-state index contributed by atoms with van der Waals surface area (Å²) in [6, 6.07) is 5.13. The molecule has 0 aliphatic rings. The van der Waals surface area contributed by atoms with Gasteiger partial charge in [0.15, 0.2) is 0 Å². The first-order chi connectivity index (χ1) is 8.72. The largest absolute Gasteiger partial charge is 0.393 e. The van der Waals surface area contributed by atoms with Gasteiger partial charge in [0, 0.05) is 12.0 Å². The smallest absolute Gasteiger partial charge is 0.224 e. The van der Waals surface area contributed by atoms with Gasteiger partial charge in [0.05, 0.1) is 21.5 Å². The molecule has 0 bridgehead atoms. The van der Waals surface area contributed by atoms with Gasteiger partial charge in [-0.25, -0.2) is 0 Å². The third-order valence-electron chi connectivity index (χ3n) is 2.74. The Morgan fingerprint density at radius 3 is 2.53 bits per heavy atom. The first-order valence-corrected chi connectivity index (χ1v) is 6.89. The minimum Gasteiger partial charge on any atom is -0.393 e. The Bertz CT molecular complexity index is 503. The highest BCUT2D eigenvalue weighted by molar-refractivity contribution is 7.80. The van der Waals surface area contributed by atoms with Crippen LogP contribution in [0.1, 0.15) is 19.4 Å². The van der Waals surface area contributed by atoms with Crippen molar-refractivity contribution in [1.29, 1.82) is 0 Å². The lowest BCUT2D eigenvalue weighted by molar-refractivity contribution is -0.120. The topological polar surface area (TPSA) is 55.1 Å². The maximum atomic E-state index is 11.8. The molecule has 0 aliphatic carbocycles. The fourth-order valence-corrected chi connectivity index (χ4v) is 1.70. The molecule has 3 N–H and O–H groups in total. The van der Waals surface area contributed by atoms with Crippen molar-refractivity contribution in [3.63, 3.8) is 0 Å². The molecule has 0 unspecified atom stereocenters. The minimum absolute atomic E-state index is 0.109. The lowest BCUT2D eigenvalue weighted by atomic mass is 9.93. The second-order valence-electron chi connectivity index (χ2n) is 4.95. The lowest BCUT2D eigenvalue weighted by Crippen LogP contribution is -2.41. The molecule has 3 nitrogen and oxygen atoms in total. The van der Waals surface area contributed by atoms with E-state index < -0.39 is 5.41 Å². The number of nitrogens with two attached hydrogens (primary N) is 1. The molecule has 0 fully saturated rings. The first-order valence-electron chi connectivity index (χ1n) is 5.73. The number of carbonyl (C=O) groups excluding carboxylic acids is 1. The standard InChI is InChI=1S/C13H16Cl2N2OS/c1-13(2,12(16)19)7-17-11(18)6-8-3-4-9(14)10(15)5-8/h3-5H,6-7H2,1-2H3,(H2,16,19)(H,17,18). The summed E-state index contributed by atoms with van der Waals surface area (Å²) in [5.74, 6) is -0.109. The lowest BCUT2D eigenvalue weighted by Gasteiger charge is -2.23. The van der Waals surface area contributed by atoms with Crippen LogP contribution < -0.4 is 11.1 Å². The van der Waals surface area contributed by atoms with Gasteiger partial charge in [0.1, 0.15) is 0 Å². The Balaban J connectivity index is 2.56. The van der Waals surface area contributed by atoms with E-state index in [0.717, 1.165) is 5.56 Å². The Labute approximate surface area is 128 Å². The van der Waals surface area contributed by atoms with Gasteiger partial charge in [-0.05, 0) is 17.7 Å². The number of nitrogens with one attached hydrogen (secondary N) is 1. The summed E-state index contributed by atoms with van der Waals surface area (Å²) in [6.45, 7) is 4.17. The number of hydrogen-bond acceptors (Lipinski definition) is 2. The predicted molar refractivity (Wildman–Crippen MR) is 83.7 cm³/mol. The van der Waals surface area contributed by atoms with E-state index in [-0.39, 0.29) is 12.3 Å². The second-order valence-corrected chi connectivity index (χ2v) is 6.20. The monoisotopic (exact) mass is 318 g/mol. The first kappa shape index (κ1) is 16.2. The van der Waals surface area contributed by atoms with Gasteiger partial charge in [-0.2, -0.15) is 0 Å². The van der Waals surface area contributed by atoms with E-state index in [4.69, 9.17) is 41.2 Å². The van der Waals surface area contributed by atoms with Crippen LogP contribution in [0.15, 0.2) is 18.2 Å². The third-order valence-corrected chi connectivity index (χ3v) is 4.03. The fourth-order valence-electron chi connectivity index (χ4n) is 1.30. The molecular formula is C13H16Cl2N2OS. The van der Waals surface area contributed by atoms with E-state index in [1.165, 1.54) is 0 Å². The molecule has 0 aromatic heterocycles. The van der Waals surface area contributed by atoms with Crippen LogP contribution in [-0.2, 0) is 11.2 Å². The van der Waals surface area contributed by atoms with E-state index in [1.54, 1.807) is 18.2 Å². The van der Waals surface area contributed by atoms with E-state index in [9.17, 15) is 4.79 Å². The summed E-state index contributed by atoms with van der Waals surface area (Å²) in [7, 11) is 0. The summed E-state index contributed by atoms with van der Waals surface area (Å²) < 4.78 is 0. The highest BCUT2D eigenvalue weighted by atomic mass is 35.5. The summed E-state index contributed by atoms with van der Waals surface area (Å²) in [5, 5.41) is 3.72. The molecule has 1 aromatic carbocycles. The van der Waals surface area contributed by atoms with Gasteiger partial charge in [-0.15, -0.1) is 0 Å². The zero-order chi connectivity index (χ0) is 14.6. The maximum absolute atomic E-state index is 11.8. The van der Waals surface area contributed by atoms with Crippen molar-refractivity contribution in [2.75, 3.05) is 6.54 Å². The summed E-state index contributed by atoms with van der Waals surface area (Å²) in [4.78, 5) is 12.2. The Morgan fingerprint density at radius 2 is 2.00 bits per heavy atom. The summed E-state index contributed by atoms with van der Waals surface area (Å²) in [5.41, 5.74) is 6.00. The van der Waals surface area contributed by atoms with Crippen molar-refractivity contribution >= 4 is 46.3 Å². The van der Waals surface area contributed by atoms with Crippen molar-refractivity contribution in [2.45, 2.75) is 20.3 Å². The Morgan fingerprint density at radius 1 is 1.37 bits per heavy atom. The van der Waals surface area contributed by atoms with E-state index in [1.807, 2.05) is 13.8 Å². The van der Waals surface area contributed by atoms with Crippen LogP contribution in [0, 0.1) is 5.41 Å². The van der Waals surface area contributed by atoms with Crippen LogP contribution >= 0.6 is 35.4 Å². The van der Waals surface area contributed by atoms with Gasteiger partial charge in [0.25, 0.3) is 0 Å². The molecule has 0 aliphatic heterocycles. The van der Waals surface area contributed by atoms with Crippen LogP contribution in [-0.4, -0.2) is 17.4 Å². The number of hydrogen-bond donors (Lipinski definition) is 2. The van der Waals surface area contributed by atoms with Crippen LogP contribution in [0.4, 0.5) is 0 Å². The number of carbonyl (C=O) groups is 1. The molecule has 0 atom stereocenters. The number of benzene rings is 1. The van der Waals surface area contributed by atoms with Gasteiger partial charge in [-0.3, -0.25) is 4.79 Å². The average Bonchev–Trinajstić information content (AvgIpc) is 2.31. The maximum Gasteiger partial charge on any atom is 0.224 e.